The van der Waals surface area contributed by atoms with E-state index in [1.807, 2.05) is 0 Å². The molecule has 1 heterocycles. The Kier molecular flexibility index (Phi) is 2.44. The summed E-state index contributed by atoms with van der Waals surface area (Å²) < 4.78 is 1.12. The lowest BCUT2D eigenvalue weighted by Crippen LogP contribution is -2.14. The van der Waals surface area contributed by atoms with Crippen LogP contribution in [0.5, 0.6) is 0 Å². The van der Waals surface area contributed by atoms with Gasteiger partial charge in [-0.25, -0.2) is 0 Å². The summed E-state index contributed by atoms with van der Waals surface area (Å²) in [6, 6.07) is 6.83. The highest BCUT2D eigenvalue weighted by molar-refractivity contribution is 9.10. The van der Waals surface area contributed by atoms with Crippen molar-refractivity contribution < 1.29 is 0 Å². The third-order valence-corrected chi connectivity index (χ3v) is 2.77. The lowest BCUT2D eigenvalue weighted by molar-refractivity contribution is 0.745. The Hall–Kier alpha value is -0.700. The number of hydrogen-bond donors (Lipinski definition) is 2. The number of hydrogen-bond acceptors (Lipinski definition) is 2. The Morgan fingerprint density at radius 1 is 1.38 bits per heavy atom. The average Bonchev–Trinajstić information content (AvgIpc) is 2.25. The van der Waals surface area contributed by atoms with Gasteiger partial charge in [0.1, 0.15) is 0 Å². The second-order valence-corrected chi connectivity index (χ2v) is 4.37. The average molecular weight is 241 g/mol. The van der Waals surface area contributed by atoms with Gasteiger partial charge in [-0.3, -0.25) is 0 Å². The summed E-state index contributed by atoms with van der Waals surface area (Å²) in [7, 11) is 0. The third kappa shape index (κ3) is 1.97. The predicted molar refractivity (Wildman–Crippen MR) is 60.3 cm³/mol. The highest BCUT2D eigenvalue weighted by atomic mass is 79.9. The fourth-order valence-electron chi connectivity index (χ4n) is 1.55. The molecule has 1 atom stereocenters. The van der Waals surface area contributed by atoms with Crippen LogP contribution in [0.1, 0.15) is 13.3 Å². The van der Waals surface area contributed by atoms with Crippen LogP contribution in [-0.4, -0.2) is 12.6 Å². The van der Waals surface area contributed by atoms with E-state index < -0.39 is 0 Å². The highest BCUT2D eigenvalue weighted by Crippen LogP contribution is 2.28. The van der Waals surface area contributed by atoms with Gasteiger partial charge in [-0.05, 0) is 31.5 Å². The first-order valence-corrected chi connectivity index (χ1v) is 5.35. The molecule has 0 bridgehead atoms. The van der Waals surface area contributed by atoms with Gasteiger partial charge >= 0.3 is 0 Å². The van der Waals surface area contributed by atoms with Gasteiger partial charge in [0, 0.05) is 17.1 Å². The van der Waals surface area contributed by atoms with E-state index in [0.29, 0.717) is 6.04 Å². The molecule has 1 unspecified atom stereocenters. The molecular weight excluding hydrogens is 228 g/mol. The van der Waals surface area contributed by atoms with Crippen molar-refractivity contribution in [1.82, 2.24) is 0 Å². The van der Waals surface area contributed by atoms with E-state index in [4.69, 9.17) is 0 Å². The molecule has 2 N–H and O–H groups in total. The van der Waals surface area contributed by atoms with Crippen LogP contribution in [0, 0.1) is 0 Å². The zero-order valence-corrected chi connectivity index (χ0v) is 9.19. The predicted octanol–water partition coefficient (Wildman–Crippen LogP) is 3.07. The van der Waals surface area contributed by atoms with Gasteiger partial charge < -0.3 is 10.6 Å². The Bertz CT molecular complexity index is 312. The monoisotopic (exact) mass is 240 g/mol. The summed E-state index contributed by atoms with van der Waals surface area (Å²) in [4.78, 5) is 0. The molecule has 0 saturated carbocycles. The summed E-state index contributed by atoms with van der Waals surface area (Å²) in [5.74, 6) is 0. The second kappa shape index (κ2) is 3.58. The van der Waals surface area contributed by atoms with Gasteiger partial charge in [0.05, 0.1) is 11.4 Å². The Morgan fingerprint density at radius 3 is 3.08 bits per heavy atom. The molecular formula is C10H13BrN2. The molecule has 1 aliphatic heterocycles. The van der Waals surface area contributed by atoms with E-state index in [-0.39, 0.29) is 0 Å². The van der Waals surface area contributed by atoms with Crippen molar-refractivity contribution in [3.05, 3.63) is 22.7 Å². The zero-order valence-electron chi connectivity index (χ0n) is 7.60. The maximum absolute atomic E-state index is 3.47. The van der Waals surface area contributed by atoms with Gasteiger partial charge in [0.2, 0.25) is 0 Å². The maximum atomic E-state index is 3.47. The summed E-state index contributed by atoms with van der Waals surface area (Å²) in [6.07, 6.45) is 1.16. The van der Waals surface area contributed by atoms with Gasteiger partial charge in [0.15, 0.2) is 0 Å². The molecule has 70 valence electrons. The molecule has 0 saturated heterocycles. The number of anilines is 2. The van der Waals surface area contributed by atoms with Gasteiger partial charge in [-0.15, -0.1) is 0 Å². The molecule has 2 rings (SSSR count). The highest BCUT2D eigenvalue weighted by Gasteiger charge is 2.10. The van der Waals surface area contributed by atoms with Crippen LogP contribution in [0.4, 0.5) is 11.4 Å². The number of fused-ring (bicyclic) bond motifs is 1. The minimum absolute atomic E-state index is 0.551. The second-order valence-electron chi connectivity index (χ2n) is 3.45. The molecule has 1 aromatic carbocycles. The van der Waals surface area contributed by atoms with Crippen molar-refractivity contribution in [1.29, 1.82) is 0 Å². The van der Waals surface area contributed by atoms with E-state index in [1.165, 1.54) is 11.4 Å². The topological polar surface area (TPSA) is 24.1 Å². The summed E-state index contributed by atoms with van der Waals surface area (Å²) in [5, 5.41) is 6.87. The van der Waals surface area contributed by atoms with Gasteiger partial charge in [-0.2, -0.15) is 0 Å². The fourth-order valence-corrected chi connectivity index (χ4v) is 1.91. The third-order valence-electron chi connectivity index (χ3n) is 2.28. The van der Waals surface area contributed by atoms with Crippen LogP contribution in [0.15, 0.2) is 22.7 Å². The molecule has 3 heteroatoms. The van der Waals surface area contributed by atoms with E-state index in [1.54, 1.807) is 0 Å². The van der Waals surface area contributed by atoms with Gasteiger partial charge in [0.25, 0.3) is 0 Å². The molecule has 1 aromatic rings. The molecule has 13 heavy (non-hydrogen) atoms. The van der Waals surface area contributed by atoms with E-state index in [2.05, 4.69) is 51.7 Å². The quantitative estimate of drug-likeness (QED) is 0.729. The van der Waals surface area contributed by atoms with E-state index in [0.717, 1.165) is 17.4 Å². The first-order valence-electron chi connectivity index (χ1n) is 4.55. The normalized spacial score (nSPS) is 20.9. The number of rotatable bonds is 0. The smallest absolute Gasteiger partial charge is 0.0587 e. The van der Waals surface area contributed by atoms with Crippen molar-refractivity contribution in [2.45, 2.75) is 19.4 Å². The van der Waals surface area contributed by atoms with Crippen LogP contribution in [-0.2, 0) is 0 Å². The first-order chi connectivity index (χ1) is 6.25. The van der Waals surface area contributed by atoms with Crippen molar-refractivity contribution in [3.63, 3.8) is 0 Å². The fraction of sp³-hybridized carbons (Fsp3) is 0.400. The largest absolute Gasteiger partial charge is 0.383 e. The molecule has 0 spiro atoms. The van der Waals surface area contributed by atoms with Crippen LogP contribution < -0.4 is 10.6 Å². The van der Waals surface area contributed by atoms with Gasteiger partial charge in [-0.1, -0.05) is 15.9 Å². The standard InChI is InChI=1S/C10H13BrN2/c1-7-4-5-12-10-6-8(11)2-3-9(10)13-7/h2-3,6-7,12-13H,4-5H2,1H3. The lowest BCUT2D eigenvalue weighted by Gasteiger charge is -2.11. The Labute approximate surface area is 86.9 Å². The zero-order chi connectivity index (χ0) is 9.26. The van der Waals surface area contributed by atoms with Crippen LogP contribution in [0.3, 0.4) is 0 Å². The number of halogens is 1. The molecule has 2 nitrogen and oxygen atoms in total. The summed E-state index contributed by atoms with van der Waals surface area (Å²) in [6.45, 7) is 3.25. The lowest BCUT2D eigenvalue weighted by atomic mass is 10.2. The maximum Gasteiger partial charge on any atom is 0.0587 e. The molecule has 0 fully saturated rings. The Morgan fingerprint density at radius 2 is 2.23 bits per heavy atom. The van der Waals surface area contributed by atoms with E-state index in [9.17, 15) is 0 Å². The van der Waals surface area contributed by atoms with Crippen molar-refractivity contribution in [3.8, 4) is 0 Å². The SMILES string of the molecule is CC1CCNc2cc(Br)ccc2N1. The molecule has 1 aliphatic rings. The molecule has 0 aliphatic carbocycles. The van der Waals surface area contributed by atoms with Crippen LogP contribution in [0.25, 0.3) is 0 Å². The molecule has 0 radical (unpaired) electrons. The van der Waals surface area contributed by atoms with Crippen molar-refractivity contribution in [2.24, 2.45) is 0 Å². The van der Waals surface area contributed by atoms with Crippen LogP contribution >= 0.6 is 15.9 Å². The minimum Gasteiger partial charge on any atom is -0.383 e. The van der Waals surface area contributed by atoms with Crippen LogP contribution in [0.2, 0.25) is 0 Å². The summed E-state index contributed by atoms with van der Waals surface area (Å²) in [5.41, 5.74) is 2.40. The molecule has 0 amide bonds. The Balaban J connectivity index is 2.34. The minimum atomic E-state index is 0.551. The van der Waals surface area contributed by atoms with E-state index >= 15 is 0 Å². The van der Waals surface area contributed by atoms with Crippen molar-refractivity contribution in [2.75, 3.05) is 17.2 Å². The number of benzene rings is 1. The molecule has 0 aromatic heterocycles. The summed E-state index contributed by atoms with van der Waals surface area (Å²) >= 11 is 3.46. The van der Waals surface area contributed by atoms with Crippen molar-refractivity contribution >= 4 is 27.3 Å². The number of nitrogens with one attached hydrogen (secondary N) is 2. The first kappa shape index (κ1) is 8.88.